The third-order valence-corrected chi connectivity index (χ3v) is 3.97. The van der Waals surface area contributed by atoms with E-state index in [1.165, 1.54) is 11.9 Å². The van der Waals surface area contributed by atoms with Gasteiger partial charge in [0, 0.05) is 24.1 Å². The molecule has 0 radical (unpaired) electrons. The van der Waals surface area contributed by atoms with Crippen LogP contribution in [0.4, 0.5) is 5.82 Å². The Morgan fingerprint density at radius 3 is 3.13 bits per heavy atom. The molecule has 1 aliphatic rings. The Morgan fingerprint density at radius 1 is 1.35 bits per heavy atom. The van der Waals surface area contributed by atoms with E-state index in [1.54, 1.807) is 13.4 Å². The maximum absolute atomic E-state index is 5.83. The zero-order valence-corrected chi connectivity index (χ0v) is 13.0. The molecule has 3 heterocycles. The minimum atomic E-state index is 0.212. The van der Waals surface area contributed by atoms with Crippen LogP contribution in [-0.2, 0) is 13.0 Å². The molecule has 0 bridgehead atoms. The summed E-state index contributed by atoms with van der Waals surface area (Å²) in [5, 5.41) is 3.31. The van der Waals surface area contributed by atoms with Gasteiger partial charge in [-0.25, -0.2) is 15.0 Å². The zero-order chi connectivity index (χ0) is 15.8. The van der Waals surface area contributed by atoms with Gasteiger partial charge in [-0.2, -0.15) is 0 Å². The van der Waals surface area contributed by atoms with Crippen LogP contribution in [0.1, 0.15) is 18.1 Å². The highest BCUT2D eigenvalue weighted by Gasteiger charge is 2.21. The van der Waals surface area contributed by atoms with Gasteiger partial charge >= 0.3 is 0 Å². The number of anilines is 1. The summed E-state index contributed by atoms with van der Waals surface area (Å²) >= 11 is 0. The minimum Gasteiger partial charge on any atom is -0.496 e. The van der Waals surface area contributed by atoms with E-state index in [0.717, 1.165) is 29.0 Å². The van der Waals surface area contributed by atoms with Gasteiger partial charge in [-0.15, -0.1) is 0 Å². The topological polar surface area (TPSA) is 85.0 Å². The predicted octanol–water partition coefficient (Wildman–Crippen LogP) is 2.30. The highest BCUT2D eigenvalue weighted by molar-refractivity contribution is 5.81. The number of nitrogens with zero attached hydrogens (tertiary/aromatic N) is 3. The molecule has 2 N–H and O–H groups in total. The molecule has 0 saturated heterocycles. The fourth-order valence-electron chi connectivity index (χ4n) is 2.89. The molecule has 3 aromatic rings. The molecule has 4 rings (SSSR count). The van der Waals surface area contributed by atoms with Crippen molar-refractivity contribution in [2.75, 3.05) is 12.4 Å². The van der Waals surface area contributed by atoms with Gasteiger partial charge in [-0.3, -0.25) is 0 Å². The van der Waals surface area contributed by atoms with Crippen molar-refractivity contribution in [1.82, 2.24) is 19.9 Å². The summed E-state index contributed by atoms with van der Waals surface area (Å²) in [5.74, 6) is 2.50. The summed E-state index contributed by atoms with van der Waals surface area (Å²) in [4.78, 5) is 15.6. The lowest BCUT2D eigenvalue weighted by Crippen LogP contribution is -2.05. The highest BCUT2D eigenvalue weighted by atomic mass is 16.5. The summed E-state index contributed by atoms with van der Waals surface area (Å²) in [7, 11) is 1.68. The van der Waals surface area contributed by atoms with Gasteiger partial charge in [0.1, 0.15) is 29.4 Å². The molecule has 1 atom stereocenters. The number of nitrogens with one attached hydrogen (secondary N) is 2. The second kappa shape index (κ2) is 5.42. The SMILES string of the molecule is COc1cc2c(cc1CNc1ncnc3nc[nH]c13)OC(C)C2. The van der Waals surface area contributed by atoms with Crippen molar-refractivity contribution >= 4 is 17.0 Å². The molecule has 23 heavy (non-hydrogen) atoms. The van der Waals surface area contributed by atoms with Crippen molar-refractivity contribution in [2.45, 2.75) is 26.0 Å². The third-order valence-electron chi connectivity index (χ3n) is 3.97. The average Bonchev–Trinajstić information content (AvgIpc) is 3.16. The van der Waals surface area contributed by atoms with Crippen molar-refractivity contribution in [2.24, 2.45) is 0 Å². The molecule has 1 aromatic carbocycles. The van der Waals surface area contributed by atoms with Gasteiger partial charge in [-0.1, -0.05) is 0 Å². The standard InChI is InChI=1S/C16H17N5O2/c1-9-3-10-4-12(22-2)11(5-13(10)23-9)6-17-15-14-16(19-7-18-14)21-8-20-15/h4-5,7-9H,3,6H2,1-2H3,(H2,17,18,19,20,21). The molecule has 0 saturated carbocycles. The first-order valence-electron chi connectivity index (χ1n) is 7.49. The van der Waals surface area contributed by atoms with Crippen molar-refractivity contribution in [3.63, 3.8) is 0 Å². The van der Waals surface area contributed by atoms with Crippen LogP contribution in [0.2, 0.25) is 0 Å². The summed E-state index contributed by atoms with van der Waals surface area (Å²) in [6.45, 7) is 2.64. The van der Waals surface area contributed by atoms with Crippen LogP contribution < -0.4 is 14.8 Å². The smallest absolute Gasteiger partial charge is 0.182 e. The largest absolute Gasteiger partial charge is 0.496 e. The van der Waals surface area contributed by atoms with E-state index in [0.29, 0.717) is 18.0 Å². The number of H-pyrrole nitrogens is 1. The van der Waals surface area contributed by atoms with Crippen LogP contribution in [0.25, 0.3) is 11.2 Å². The number of fused-ring (bicyclic) bond motifs is 2. The first-order chi connectivity index (χ1) is 11.2. The lowest BCUT2D eigenvalue weighted by molar-refractivity contribution is 0.254. The third kappa shape index (κ3) is 2.44. The first kappa shape index (κ1) is 13.8. The van der Waals surface area contributed by atoms with Crippen LogP contribution in [-0.4, -0.2) is 33.1 Å². The zero-order valence-electron chi connectivity index (χ0n) is 13.0. The number of hydrogen-bond acceptors (Lipinski definition) is 6. The molecule has 1 aliphatic heterocycles. The number of aromatic amines is 1. The Hall–Kier alpha value is -2.83. The van der Waals surface area contributed by atoms with Crippen LogP contribution in [0.15, 0.2) is 24.8 Å². The quantitative estimate of drug-likeness (QED) is 0.769. The molecule has 0 spiro atoms. The Morgan fingerprint density at radius 2 is 2.26 bits per heavy atom. The van der Waals surface area contributed by atoms with Gasteiger partial charge in [0.15, 0.2) is 11.5 Å². The van der Waals surface area contributed by atoms with Crippen molar-refractivity contribution in [3.05, 3.63) is 35.9 Å². The van der Waals surface area contributed by atoms with Crippen molar-refractivity contribution < 1.29 is 9.47 Å². The van der Waals surface area contributed by atoms with E-state index in [9.17, 15) is 0 Å². The van der Waals surface area contributed by atoms with E-state index in [4.69, 9.17) is 9.47 Å². The molecule has 1 unspecified atom stereocenters. The number of rotatable bonds is 4. The lowest BCUT2D eigenvalue weighted by Gasteiger charge is -2.12. The van der Waals surface area contributed by atoms with Gasteiger partial charge in [0.05, 0.1) is 13.4 Å². The molecule has 2 aromatic heterocycles. The fourth-order valence-corrected chi connectivity index (χ4v) is 2.89. The number of imidazole rings is 1. The van der Waals surface area contributed by atoms with Crippen molar-refractivity contribution in [3.8, 4) is 11.5 Å². The van der Waals surface area contributed by atoms with Gasteiger partial charge < -0.3 is 19.8 Å². The van der Waals surface area contributed by atoms with E-state index in [2.05, 4.69) is 38.2 Å². The average molecular weight is 311 g/mol. The number of methoxy groups -OCH3 is 1. The van der Waals surface area contributed by atoms with Gasteiger partial charge in [-0.05, 0) is 19.1 Å². The van der Waals surface area contributed by atoms with Crippen LogP contribution >= 0.6 is 0 Å². The maximum Gasteiger partial charge on any atom is 0.182 e. The summed E-state index contributed by atoms with van der Waals surface area (Å²) in [5.41, 5.74) is 3.64. The minimum absolute atomic E-state index is 0.212. The summed E-state index contributed by atoms with van der Waals surface area (Å²) in [6.07, 6.45) is 4.23. The summed E-state index contributed by atoms with van der Waals surface area (Å²) in [6, 6.07) is 4.09. The molecule has 0 amide bonds. The van der Waals surface area contributed by atoms with E-state index in [1.807, 2.05) is 6.07 Å². The Kier molecular flexibility index (Phi) is 3.25. The fraction of sp³-hybridized carbons (Fsp3) is 0.312. The van der Waals surface area contributed by atoms with E-state index >= 15 is 0 Å². The molecule has 7 nitrogen and oxygen atoms in total. The maximum atomic E-state index is 5.83. The number of ether oxygens (including phenoxy) is 2. The Balaban J connectivity index is 1.62. The second-order valence-corrected chi connectivity index (χ2v) is 5.58. The lowest BCUT2D eigenvalue weighted by atomic mass is 10.1. The number of benzene rings is 1. The van der Waals surface area contributed by atoms with Crippen LogP contribution in [0.3, 0.4) is 0 Å². The molecular formula is C16H17N5O2. The first-order valence-corrected chi connectivity index (χ1v) is 7.49. The highest BCUT2D eigenvalue weighted by Crippen LogP contribution is 2.35. The molecule has 0 fully saturated rings. The van der Waals surface area contributed by atoms with E-state index < -0.39 is 0 Å². The Bertz CT molecular complexity index is 861. The van der Waals surface area contributed by atoms with Gasteiger partial charge in [0.2, 0.25) is 0 Å². The van der Waals surface area contributed by atoms with E-state index in [-0.39, 0.29) is 6.10 Å². The molecule has 7 heteroatoms. The molecular weight excluding hydrogens is 294 g/mol. The van der Waals surface area contributed by atoms with Crippen LogP contribution in [0.5, 0.6) is 11.5 Å². The number of hydrogen-bond donors (Lipinski definition) is 2. The normalized spacial score (nSPS) is 16.2. The Labute approximate surface area is 133 Å². The van der Waals surface area contributed by atoms with Gasteiger partial charge in [0.25, 0.3) is 0 Å². The predicted molar refractivity (Wildman–Crippen MR) is 85.8 cm³/mol. The summed E-state index contributed by atoms with van der Waals surface area (Å²) < 4.78 is 11.3. The second-order valence-electron chi connectivity index (χ2n) is 5.58. The number of aromatic nitrogens is 4. The molecule has 118 valence electrons. The monoisotopic (exact) mass is 311 g/mol. The van der Waals surface area contributed by atoms with Crippen molar-refractivity contribution in [1.29, 1.82) is 0 Å². The molecule has 0 aliphatic carbocycles. The van der Waals surface area contributed by atoms with Crippen LogP contribution in [0, 0.1) is 0 Å².